The molecule has 1 amide bonds. The van der Waals surface area contributed by atoms with Gasteiger partial charge in [-0.2, -0.15) is 0 Å². The van der Waals surface area contributed by atoms with Gasteiger partial charge in [-0.1, -0.05) is 115 Å². The summed E-state index contributed by atoms with van der Waals surface area (Å²) in [6.45, 7) is 4.89. The van der Waals surface area contributed by atoms with E-state index in [9.17, 15) is 9.59 Å². The second-order valence-electron chi connectivity index (χ2n) is 12.4. The summed E-state index contributed by atoms with van der Waals surface area (Å²) in [4.78, 5) is 34.3. The number of hydrogen-bond donors (Lipinski definition) is 3. The van der Waals surface area contributed by atoms with Crippen LogP contribution in [0, 0.1) is 0 Å². The molecule has 0 bridgehead atoms. The number of alkyl carbamates (subject to hydrolysis) is 1. The first-order chi connectivity index (χ1) is 22.1. The van der Waals surface area contributed by atoms with Gasteiger partial charge in [0.05, 0.1) is 27.7 Å². The first-order valence-corrected chi connectivity index (χ1v) is 18.3. The average Bonchev–Trinajstić information content (AvgIpc) is 3.02. The normalized spacial score (nSPS) is 16.4. The molecule has 45 heavy (non-hydrogen) atoms. The van der Waals surface area contributed by atoms with Gasteiger partial charge >= 0.3 is 12.1 Å². The third-order valence-electron chi connectivity index (χ3n) is 8.03. The van der Waals surface area contributed by atoms with E-state index in [0.29, 0.717) is 26.1 Å². The zero-order valence-corrected chi connectivity index (χ0v) is 28.6. The fourth-order valence-electron chi connectivity index (χ4n) is 5.27. The molecular formula is C35H66BN3O6. The highest BCUT2D eigenvalue weighted by Crippen LogP contribution is 2.16. The summed E-state index contributed by atoms with van der Waals surface area (Å²) in [6, 6.07) is 0. The van der Waals surface area contributed by atoms with Gasteiger partial charge in [-0.25, -0.2) is 4.79 Å². The molecule has 2 radical (unpaired) electrons. The number of unbranched alkanes of at least 4 members (excludes halogenated alkanes) is 14. The molecule has 0 saturated heterocycles. The molecule has 0 fully saturated rings. The van der Waals surface area contributed by atoms with Crippen LogP contribution < -0.4 is 16.3 Å². The van der Waals surface area contributed by atoms with Gasteiger partial charge in [-0.05, 0) is 57.3 Å². The summed E-state index contributed by atoms with van der Waals surface area (Å²) < 4.78 is 10.8. The van der Waals surface area contributed by atoms with Gasteiger partial charge in [-0.3, -0.25) is 14.5 Å². The molecule has 1 aliphatic carbocycles. The minimum absolute atomic E-state index is 0.0121. The van der Waals surface area contributed by atoms with Crippen LogP contribution in [-0.2, 0) is 23.9 Å². The Morgan fingerprint density at radius 3 is 2.09 bits per heavy atom. The van der Waals surface area contributed by atoms with E-state index < -0.39 is 5.82 Å². The monoisotopic (exact) mass is 636 g/mol. The Balaban J connectivity index is 1.78. The van der Waals surface area contributed by atoms with E-state index in [1.165, 1.54) is 83.5 Å². The highest BCUT2D eigenvalue weighted by molar-refractivity contribution is 6.11. The molecule has 0 aromatic rings. The van der Waals surface area contributed by atoms with Gasteiger partial charge < -0.3 is 20.1 Å². The fourth-order valence-corrected chi connectivity index (χ4v) is 5.27. The second kappa shape index (κ2) is 32.3. The molecule has 10 heteroatoms. The Hall–Kier alpha value is -1.62. The minimum atomic E-state index is -0.424. The smallest absolute Gasteiger partial charge is 0.407 e. The summed E-state index contributed by atoms with van der Waals surface area (Å²) >= 11 is 0. The third-order valence-corrected chi connectivity index (χ3v) is 8.03. The molecule has 2 unspecified atom stereocenters. The predicted octanol–water partition coefficient (Wildman–Crippen LogP) is 7.80. The van der Waals surface area contributed by atoms with E-state index in [-0.39, 0.29) is 31.4 Å². The zero-order valence-electron chi connectivity index (χ0n) is 28.6. The molecule has 260 valence electrons. The van der Waals surface area contributed by atoms with Crippen molar-refractivity contribution in [2.75, 3.05) is 39.5 Å². The summed E-state index contributed by atoms with van der Waals surface area (Å²) in [6.07, 6.45) is 29.7. The van der Waals surface area contributed by atoms with Crippen molar-refractivity contribution in [3.8, 4) is 0 Å². The van der Waals surface area contributed by atoms with E-state index in [2.05, 4.69) is 35.4 Å². The van der Waals surface area contributed by atoms with Crippen LogP contribution in [0.3, 0.4) is 0 Å². The van der Waals surface area contributed by atoms with Crippen LogP contribution >= 0.6 is 0 Å². The minimum Gasteiger partial charge on any atom is -0.466 e. The number of rotatable bonds is 30. The maximum Gasteiger partial charge on any atom is 0.407 e. The molecule has 2 atom stereocenters. The van der Waals surface area contributed by atoms with Gasteiger partial charge in [0.25, 0.3) is 0 Å². The highest BCUT2D eigenvalue weighted by Gasteiger charge is 2.14. The summed E-state index contributed by atoms with van der Waals surface area (Å²) in [5.74, 6) is -0.623. The summed E-state index contributed by atoms with van der Waals surface area (Å²) in [7, 11) is 5.95. The summed E-state index contributed by atoms with van der Waals surface area (Å²) in [5.41, 5.74) is 2.41. The number of esters is 1. The van der Waals surface area contributed by atoms with Gasteiger partial charge in [-0.15, -0.1) is 0 Å². The largest absolute Gasteiger partial charge is 0.466 e. The Bertz CT molecular complexity index is 715. The van der Waals surface area contributed by atoms with Crippen LogP contribution in [0.25, 0.3) is 0 Å². The van der Waals surface area contributed by atoms with Crippen molar-refractivity contribution in [2.45, 2.75) is 160 Å². The molecule has 9 nitrogen and oxygen atoms in total. The summed E-state index contributed by atoms with van der Waals surface area (Å²) in [5, 5.41) is 6.05. The highest BCUT2D eigenvalue weighted by atomic mass is 16.9. The van der Waals surface area contributed by atoms with Crippen molar-refractivity contribution >= 4 is 19.9 Å². The number of carbonyl (C=O) groups excluding carboxylic acids is 2. The van der Waals surface area contributed by atoms with Crippen molar-refractivity contribution in [2.24, 2.45) is 0 Å². The first-order valence-electron chi connectivity index (χ1n) is 18.3. The maximum absolute atomic E-state index is 12.0. The molecule has 1 rings (SSSR count). The molecule has 0 spiro atoms. The second-order valence-corrected chi connectivity index (χ2v) is 12.4. The predicted molar refractivity (Wildman–Crippen MR) is 183 cm³/mol. The van der Waals surface area contributed by atoms with Crippen molar-refractivity contribution in [3.05, 3.63) is 12.2 Å². The molecule has 0 aromatic carbocycles. The van der Waals surface area contributed by atoms with E-state index in [4.69, 9.17) is 27.0 Å². The third kappa shape index (κ3) is 29.5. The van der Waals surface area contributed by atoms with Gasteiger partial charge in [0.1, 0.15) is 6.10 Å². The molecule has 1 aliphatic rings. The molecule has 0 aromatic heterocycles. The Kier molecular flexibility index (Phi) is 29.8. The fraction of sp³-hybridized carbons (Fsp3) is 0.886. The van der Waals surface area contributed by atoms with Crippen LogP contribution in [0.1, 0.15) is 148 Å². The molecule has 0 heterocycles. The van der Waals surface area contributed by atoms with E-state index in [1.54, 1.807) is 0 Å². The van der Waals surface area contributed by atoms with Crippen molar-refractivity contribution in [1.29, 1.82) is 0 Å². The van der Waals surface area contributed by atoms with Gasteiger partial charge in [0, 0.05) is 19.5 Å². The quantitative estimate of drug-likeness (QED) is 0.0241. The number of carbonyl (C=O) groups is 2. The van der Waals surface area contributed by atoms with Gasteiger partial charge in [0.2, 0.25) is 0 Å². The lowest BCUT2D eigenvalue weighted by atomic mass is 9.89. The van der Waals surface area contributed by atoms with Crippen LogP contribution in [0.2, 0.25) is 5.82 Å². The lowest BCUT2D eigenvalue weighted by molar-refractivity contribution is -0.171. The Morgan fingerprint density at radius 2 is 1.40 bits per heavy atom. The lowest BCUT2D eigenvalue weighted by Gasteiger charge is -2.18. The standard InChI is InChI=1S/C35H66BN3O6/c1-2-3-4-5-6-7-8-9-10-11-12-13-14-18-21-25-34(40)42-30-32(36)31-44-39-43-29-28-37-26-22-27-38-35(41)45-33-23-19-16-15-17-20-24-33/h15-16,32-33,37,39H,2-14,17-31H2,1H3,(H,38,41)/b16-15+. The molecule has 0 saturated carbocycles. The number of amides is 1. The van der Waals surface area contributed by atoms with Gasteiger partial charge in [0.15, 0.2) is 0 Å². The van der Waals surface area contributed by atoms with Crippen molar-refractivity contribution in [3.63, 3.8) is 0 Å². The number of nitrogens with one attached hydrogen (secondary N) is 3. The molecular weight excluding hydrogens is 569 g/mol. The van der Waals surface area contributed by atoms with Crippen molar-refractivity contribution < 1.29 is 28.7 Å². The van der Waals surface area contributed by atoms with Crippen LogP contribution in [0.4, 0.5) is 4.79 Å². The van der Waals surface area contributed by atoms with Crippen LogP contribution in [0.5, 0.6) is 0 Å². The lowest BCUT2D eigenvalue weighted by Crippen LogP contribution is -2.32. The Morgan fingerprint density at radius 1 is 0.756 bits per heavy atom. The average molecular weight is 636 g/mol. The van der Waals surface area contributed by atoms with E-state index in [1.807, 2.05) is 0 Å². The Labute approximate surface area is 276 Å². The molecule has 0 aliphatic heterocycles. The van der Waals surface area contributed by atoms with E-state index in [0.717, 1.165) is 57.9 Å². The number of ether oxygens (including phenoxy) is 2. The topological polar surface area (TPSA) is 107 Å². The zero-order chi connectivity index (χ0) is 32.5. The maximum atomic E-state index is 12.0. The van der Waals surface area contributed by atoms with Crippen LogP contribution in [-0.4, -0.2) is 65.5 Å². The van der Waals surface area contributed by atoms with E-state index >= 15 is 0 Å². The number of allylic oxidation sites excluding steroid dienone is 2. The molecule has 3 N–H and O–H groups in total. The van der Waals surface area contributed by atoms with Crippen molar-refractivity contribution in [1.82, 2.24) is 16.3 Å². The van der Waals surface area contributed by atoms with Crippen LogP contribution in [0.15, 0.2) is 12.2 Å². The first kappa shape index (κ1) is 41.4. The SMILES string of the molecule is [B]C(CONOCCNCCCNC(=O)OC1CC/C=C/CCC1)COC(=O)CCCCCCCCCCCCCCCCC. The number of hydrogen-bond acceptors (Lipinski definition) is 8.